The van der Waals surface area contributed by atoms with Crippen LogP contribution in [0.3, 0.4) is 0 Å². The van der Waals surface area contributed by atoms with Crippen LogP contribution in [0.2, 0.25) is 0 Å². The second kappa shape index (κ2) is 8.61. The lowest BCUT2D eigenvalue weighted by atomic mass is 10.0. The van der Waals surface area contributed by atoms with Crippen molar-refractivity contribution in [1.82, 2.24) is 20.0 Å². The highest BCUT2D eigenvalue weighted by atomic mass is 16.5. The molecule has 23 heavy (non-hydrogen) atoms. The SMILES string of the molecule is COCCNC(=O)CN1CC(C)C(N2CCN(C(C)=O)CC2)C1. The van der Waals surface area contributed by atoms with Crippen molar-refractivity contribution in [2.24, 2.45) is 5.92 Å². The van der Waals surface area contributed by atoms with E-state index in [1.807, 2.05) is 4.90 Å². The Balaban J connectivity index is 1.75. The number of nitrogens with zero attached hydrogens (tertiary/aromatic N) is 3. The minimum Gasteiger partial charge on any atom is -0.383 e. The molecule has 0 radical (unpaired) electrons. The number of likely N-dealkylation sites (tertiary alicyclic amines) is 1. The first kappa shape index (κ1) is 18.2. The molecule has 2 heterocycles. The zero-order valence-corrected chi connectivity index (χ0v) is 14.6. The Morgan fingerprint density at radius 2 is 1.87 bits per heavy atom. The molecule has 7 nitrogen and oxygen atoms in total. The summed E-state index contributed by atoms with van der Waals surface area (Å²) in [5, 5.41) is 2.87. The number of methoxy groups -OCH3 is 1. The monoisotopic (exact) mass is 326 g/mol. The summed E-state index contributed by atoms with van der Waals surface area (Å²) in [6, 6.07) is 0.482. The van der Waals surface area contributed by atoms with Crippen LogP contribution in [-0.2, 0) is 14.3 Å². The smallest absolute Gasteiger partial charge is 0.234 e. The summed E-state index contributed by atoms with van der Waals surface area (Å²) in [4.78, 5) is 30.0. The molecular formula is C16H30N4O3. The number of rotatable bonds is 6. The van der Waals surface area contributed by atoms with E-state index in [9.17, 15) is 9.59 Å². The maximum Gasteiger partial charge on any atom is 0.234 e. The molecule has 2 aliphatic heterocycles. The Kier molecular flexibility index (Phi) is 6.80. The van der Waals surface area contributed by atoms with Gasteiger partial charge < -0.3 is 15.0 Å². The van der Waals surface area contributed by atoms with Gasteiger partial charge in [0.05, 0.1) is 13.2 Å². The first-order valence-corrected chi connectivity index (χ1v) is 8.48. The third-order valence-electron chi connectivity index (χ3n) is 4.87. The molecule has 0 aromatic rings. The zero-order valence-electron chi connectivity index (χ0n) is 14.6. The van der Waals surface area contributed by atoms with Crippen molar-refractivity contribution in [2.75, 3.05) is 66.1 Å². The topological polar surface area (TPSA) is 65.1 Å². The van der Waals surface area contributed by atoms with Crippen molar-refractivity contribution < 1.29 is 14.3 Å². The lowest BCUT2D eigenvalue weighted by molar-refractivity contribution is -0.131. The molecule has 0 spiro atoms. The number of piperazine rings is 1. The third-order valence-corrected chi connectivity index (χ3v) is 4.87. The van der Waals surface area contributed by atoms with Crippen molar-refractivity contribution in [1.29, 1.82) is 0 Å². The van der Waals surface area contributed by atoms with Gasteiger partial charge in [0.2, 0.25) is 11.8 Å². The predicted molar refractivity (Wildman–Crippen MR) is 88.1 cm³/mol. The summed E-state index contributed by atoms with van der Waals surface area (Å²) >= 11 is 0. The van der Waals surface area contributed by atoms with Gasteiger partial charge >= 0.3 is 0 Å². The highest BCUT2D eigenvalue weighted by Gasteiger charge is 2.35. The number of carbonyl (C=O) groups is 2. The molecule has 0 aliphatic carbocycles. The van der Waals surface area contributed by atoms with Crippen LogP contribution in [0.4, 0.5) is 0 Å². The minimum absolute atomic E-state index is 0.0660. The number of hydrogen-bond acceptors (Lipinski definition) is 5. The largest absolute Gasteiger partial charge is 0.383 e. The highest BCUT2D eigenvalue weighted by molar-refractivity contribution is 5.78. The van der Waals surface area contributed by atoms with E-state index in [2.05, 4.69) is 22.0 Å². The van der Waals surface area contributed by atoms with E-state index in [0.717, 1.165) is 39.3 Å². The van der Waals surface area contributed by atoms with Crippen molar-refractivity contribution >= 4 is 11.8 Å². The Hall–Kier alpha value is -1.18. The van der Waals surface area contributed by atoms with Gasteiger partial charge in [-0.15, -0.1) is 0 Å². The van der Waals surface area contributed by atoms with Crippen LogP contribution in [0.15, 0.2) is 0 Å². The van der Waals surface area contributed by atoms with E-state index in [1.54, 1.807) is 14.0 Å². The van der Waals surface area contributed by atoms with Crippen LogP contribution in [0.25, 0.3) is 0 Å². The van der Waals surface area contributed by atoms with Gasteiger partial charge in [-0.3, -0.25) is 19.4 Å². The van der Waals surface area contributed by atoms with E-state index in [-0.39, 0.29) is 11.8 Å². The molecule has 2 fully saturated rings. The predicted octanol–water partition coefficient (Wildman–Crippen LogP) is -0.767. The van der Waals surface area contributed by atoms with E-state index in [4.69, 9.17) is 4.74 Å². The average Bonchev–Trinajstić information content (AvgIpc) is 2.88. The van der Waals surface area contributed by atoms with Gasteiger partial charge in [-0.25, -0.2) is 0 Å². The lowest BCUT2D eigenvalue weighted by Crippen LogP contribution is -2.53. The van der Waals surface area contributed by atoms with Crippen LogP contribution in [0, 0.1) is 5.92 Å². The van der Waals surface area contributed by atoms with Gasteiger partial charge in [0.15, 0.2) is 0 Å². The van der Waals surface area contributed by atoms with Gasteiger partial charge in [0.1, 0.15) is 0 Å². The Bertz CT molecular complexity index is 410. The Morgan fingerprint density at radius 1 is 1.17 bits per heavy atom. The van der Waals surface area contributed by atoms with E-state index in [0.29, 0.717) is 31.7 Å². The van der Waals surface area contributed by atoms with E-state index >= 15 is 0 Å². The van der Waals surface area contributed by atoms with Crippen LogP contribution in [-0.4, -0.2) is 98.6 Å². The van der Waals surface area contributed by atoms with Gasteiger partial charge in [-0.05, 0) is 5.92 Å². The normalized spacial score (nSPS) is 26.5. The second-order valence-corrected chi connectivity index (χ2v) is 6.62. The number of amides is 2. The molecular weight excluding hydrogens is 296 g/mol. The summed E-state index contributed by atoms with van der Waals surface area (Å²) in [7, 11) is 1.63. The van der Waals surface area contributed by atoms with Crippen molar-refractivity contribution in [3.63, 3.8) is 0 Å². The molecule has 0 bridgehead atoms. The van der Waals surface area contributed by atoms with Crippen LogP contribution in [0.1, 0.15) is 13.8 Å². The fraction of sp³-hybridized carbons (Fsp3) is 0.875. The van der Waals surface area contributed by atoms with Crippen molar-refractivity contribution in [3.8, 4) is 0 Å². The highest BCUT2D eigenvalue weighted by Crippen LogP contribution is 2.22. The van der Waals surface area contributed by atoms with Crippen LogP contribution >= 0.6 is 0 Å². The number of carbonyl (C=O) groups excluding carboxylic acids is 2. The van der Waals surface area contributed by atoms with Gasteiger partial charge in [-0.1, -0.05) is 6.92 Å². The van der Waals surface area contributed by atoms with Crippen molar-refractivity contribution in [3.05, 3.63) is 0 Å². The number of ether oxygens (including phenoxy) is 1. The fourth-order valence-corrected chi connectivity index (χ4v) is 3.57. The van der Waals surface area contributed by atoms with Crippen LogP contribution < -0.4 is 5.32 Å². The first-order valence-electron chi connectivity index (χ1n) is 8.48. The molecule has 0 saturated carbocycles. The fourth-order valence-electron chi connectivity index (χ4n) is 3.57. The van der Waals surface area contributed by atoms with Crippen LogP contribution in [0.5, 0.6) is 0 Å². The molecule has 7 heteroatoms. The summed E-state index contributed by atoms with van der Waals surface area (Å²) in [5.74, 6) is 0.778. The molecule has 0 aromatic heterocycles. The number of nitrogens with one attached hydrogen (secondary N) is 1. The molecule has 1 N–H and O–H groups in total. The summed E-state index contributed by atoms with van der Waals surface area (Å²) in [5.41, 5.74) is 0. The molecule has 132 valence electrons. The maximum atomic E-state index is 11.9. The van der Waals surface area contributed by atoms with Gasteiger partial charge in [-0.2, -0.15) is 0 Å². The van der Waals surface area contributed by atoms with Gasteiger partial charge in [0, 0.05) is 65.9 Å². The molecule has 2 unspecified atom stereocenters. The molecule has 2 rings (SSSR count). The Morgan fingerprint density at radius 3 is 2.48 bits per heavy atom. The average molecular weight is 326 g/mol. The minimum atomic E-state index is 0.0660. The lowest BCUT2D eigenvalue weighted by Gasteiger charge is -2.39. The van der Waals surface area contributed by atoms with E-state index in [1.165, 1.54) is 0 Å². The van der Waals surface area contributed by atoms with Gasteiger partial charge in [0.25, 0.3) is 0 Å². The summed E-state index contributed by atoms with van der Waals surface area (Å²) in [6.07, 6.45) is 0. The van der Waals surface area contributed by atoms with E-state index < -0.39 is 0 Å². The quantitative estimate of drug-likeness (QED) is 0.650. The van der Waals surface area contributed by atoms with Crippen molar-refractivity contribution in [2.45, 2.75) is 19.9 Å². The molecule has 2 amide bonds. The maximum absolute atomic E-state index is 11.9. The molecule has 0 aromatic carbocycles. The standard InChI is InChI=1S/C16H30N4O3/c1-13-10-18(12-16(22)17-4-9-23-3)11-15(13)20-7-5-19(6-8-20)14(2)21/h13,15H,4-12H2,1-3H3,(H,17,22). The Labute approximate surface area is 138 Å². The first-order chi connectivity index (χ1) is 11.0. The number of hydrogen-bond donors (Lipinski definition) is 1. The molecule has 2 atom stereocenters. The molecule has 2 aliphatic rings. The third kappa shape index (κ3) is 5.16. The molecule has 2 saturated heterocycles. The zero-order chi connectivity index (χ0) is 16.8. The summed E-state index contributed by atoms with van der Waals surface area (Å²) < 4.78 is 4.94. The second-order valence-electron chi connectivity index (χ2n) is 6.62. The summed E-state index contributed by atoms with van der Waals surface area (Å²) in [6.45, 7) is 10.8.